The van der Waals surface area contributed by atoms with E-state index in [1.165, 1.54) is 11.1 Å². The molecule has 18 heavy (non-hydrogen) atoms. The minimum atomic E-state index is 0.255. The van der Waals surface area contributed by atoms with Crippen molar-refractivity contribution in [1.29, 1.82) is 0 Å². The lowest BCUT2D eigenvalue weighted by Crippen LogP contribution is -1.92. The Bertz CT molecular complexity index is 500. The Morgan fingerprint density at radius 2 is 1.22 bits per heavy atom. The van der Waals surface area contributed by atoms with Crippen molar-refractivity contribution in [3.8, 4) is 0 Å². The van der Waals surface area contributed by atoms with E-state index in [0.29, 0.717) is 0 Å². The van der Waals surface area contributed by atoms with Gasteiger partial charge in [-0.2, -0.15) is 4.91 Å². The van der Waals surface area contributed by atoms with Gasteiger partial charge >= 0.3 is 0 Å². The lowest BCUT2D eigenvalue weighted by molar-refractivity contribution is 0.954. The van der Waals surface area contributed by atoms with E-state index in [4.69, 9.17) is 0 Å². The molecule has 0 unspecified atom stereocenters. The maximum absolute atomic E-state index is 10.1. The van der Waals surface area contributed by atoms with Crippen molar-refractivity contribution in [3.05, 3.63) is 82.6 Å². The SMILES string of the molecule is [CH2]c1ccc(CCc2ccc(CN=O)cc2)cc1. The van der Waals surface area contributed by atoms with Gasteiger partial charge in [0.05, 0.1) is 0 Å². The van der Waals surface area contributed by atoms with Crippen LogP contribution >= 0.6 is 0 Å². The molecule has 0 bridgehead atoms. The second-order valence-corrected chi connectivity index (χ2v) is 4.42. The summed E-state index contributed by atoms with van der Waals surface area (Å²) in [7, 11) is 0. The van der Waals surface area contributed by atoms with Crippen molar-refractivity contribution in [3.63, 3.8) is 0 Å². The third kappa shape index (κ3) is 3.52. The van der Waals surface area contributed by atoms with Crippen LogP contribution in [-0.2, 0) is 19.4 Å². The molecule has 0 spiro atoms. The van der Waals surface area contributed by atoms with Gasteiger partial charge in [0.15, 0.2) is 0 Å². The van der Waals surface area contributed by atoms with Gasteiger partial charge in [-0.05, 0) is 42.0 Å². The summed E-state index contributed by atoms with van der Waals surface area (Å²) < 4.78 is 0. The summed E-state index contributed by atoms with van der Waals surface area (Å²) in [4.78, 5) is 10.1. The molecule has 2 heteroatoms. The Morgan fingerprint density at radius 3 is 1.72 bits per heavy atom. The fourth-order valence-corrected chi connectivity index (χ4v) is 1.88. The molecule has 0 saturated carbocycles. The van der Waals surface area contributed by atoms with Crippen LogP contribution in [-0.4, -0.2) is 0 Å². The minimum absolute atomic E-state index is 0.255. The van der Waals surface area contributed by atoms with Crippen molar-refractivity contribution in [2.45, 2.75) is 19.4 Å². The molecular weight excluding hydrogens is 222 g/mol. The van der Waals surface area contributed by atoms with Crippen molar-refractivity contribution in [2.24, 2.45) is 5.18 Å². The highest BCUT2D eigenvalue weighted by Crippen LogP contribution is 2.10. The van der Waals surface area contributed by atoms with Crippen molar-refractivity contribution in [1.82, 2.24) is 0 Å². The summed E-state index contributed by atoms with van der Waals surface area (Å²) in [5.74, 6) is 0. The minimum Gasteiger partial charge on any atom is -0.150 e. The molecule has 0 aliphatic rings. The molecule has 0 amide bonds. The van der Waals surface area contributed by atoms with Gasteiger partial charge in [0.2, 0.25) is 0 Å². The fraction of sp³-hybridized carbons (Fsp3) is 0.188. The maximum atomic E-state index is 10.1. The first-order valence-electron chi connectivity index (χ1n) is 6.06. The molecule has 2 aromatic carbocycles. The van der Waals surface area contributed by atoms with Crippen LogP contribution in [0, 0.1) is 11.8 Å². The third-order valence-electron chi connectivity index (χ3n) is 3.00. The molecule has 0 heterocycles. The molecule has 0 aliphatic carbocycles. The van der Waals surface area contributed by atoms with E-state index in [0.717, 1.165) is 24.0 Å². The Balaban J connectivity index is 1.93. The summed E-state index contributed by atoms with van der Waals surface area (Å²) >= 11 is 0. The smallest absolute Gasteiger partial charge is 0.106 e. The van der Waals surface area contributed by atoms with E-state index in [1.807, 2.05) is 24.3 Å². The molecule has 0 aromatic heterocycles. The highest BCUT2D eigenvalue weighted by molar-refractivity contribution is 5.27. The second-order valence-electron chi connectivity index (χ2n) is 4.42. The van der Waals surface area contributed by atoms with E-state index in [9.17, 15) is 4.91 Å². The molecular formula is C16H16NO. The lowest BCUT2D eigenvalue weighted by atomic mass is 10.0. The Morgan fingerprint density at radius 1 is 0.778 bits per heavy atom. The average Bonchev–Trinajstić information content (AvgIpc) is 2.40. The van der Waals surface area contributed by atoms with E-state index in [1.54, 1.807) is 0 Å². The third-order valence-corrected chi connectivity index (χ3v) is 3.00. The predicted octanol–water partition coefficient (Wildman–Crippen LogP) is 3.92. The molecule has 0 N–H and O–H groups in total. The molecule has 2 rings (SSSR count). The van der Waals surface area contributed by atoms with Crippen LogP contribution < -0.4 is 0 Å². The fourth-order valence-electron chi connectivity index (χ4n) is 1.88. The van der Waals surface area contributed by atoms with Gasteiger partial charge in [-0.25, -0.2) is 0 Å². The van der Waals surface area contributed by atoms with Gasteiger partial charge in [-0.1, -0.05) is 53.7 Å². The topological polar surface area (TPSA) is 29.4 Å². The van der Waals surface area contributed by atoms with Crippen molar-refractivity contribution >= 4 is 0 Å². The van der Waals surface area contributed by atoms with E-state index in [-0.39, 0.29) is 6.54 Å². The van der Waals surface area contributed by atoms with Gasteiger partial charge in [-0.3, -0.25) is 0 Å². The largest absolute Gasteiger partial charge is 0.150 e. The molecule has 0 fully saturated rings. The summed E-state index contributed by atoms with van der Waals surface area (Å²) in [6.45, 7) is 4.13. The maximum Gasteiger partial charge on any atom is 0.106 e. The van der Waals surface area contributed by atoms with Crippen molar-refractivity contribution < 1.29 is 0 Å². The van der Waals surface area contributed by atoms with E-state index < -0.39 is 0 Å². The van der Waals surface area contributed by atoms with Gasteiger partial charge < -0.3 is 0 Å². The van der Waals surface area contributed by atoms with Crippen LogP contribution in [0.4, 0.5) is 0 Å². The van der Waals surface area contributed by atoms with Crippen LogP contribution in [0.5, 0.6) is 0 Å². The number of nitroso groups, excluding NO2 is 1. The van der Waals surface area contributed by atoms with Crippen LogP contribution in [0.15, 0.2) is 53.7 Å². The molecule has 0 atom stereocenters. The van der Waals surface area contributed by atoms with Crippen LogP contribution in [0.3, 0.4) is 0 Å². The first-order valence-corrected chi connectivity index (χ1v) is 6.06. The number of benzene rings is 2. The standard InChI is InChI=1S/C16H16NO/c1-13-2-4-14(5-3-13)6-7-15-8-10-16(11-9-15)12-17-18/h2-5,8-11H,1,6-7,12H2. The second kappa shape index (κ2) is 6.10. The van der Waals surface area contributed by atoms with Crippen molar-refractivity contribution in [2.75, 3.05) is 0 Å². The van der Waals surface area contributed by atoms with Gasteiger partial charge in [0, 0.05) is 0 Å². The quantitative estimate of drug-likeness (QED) is 0.726. The Labute approximate surface area is 108 Å². The Kier molecular flexibility index (Phi) is 4.24. The monoisotopic (exact) mass is 238 g/mol. The molecule has 0 saturated heterocycles. The zero-order valence-corrected chi connectivity index (χ0v) is 10.3. The van der Waals surface area contributed by atoms with E-state index in [2.05, 4.69) is 36.4 Å². The molecule has 2 aromatic rings. The summed E-state index contributed by atoms with van der Waals surface area (Å²) in [5.41, 5.74) is 4.61. The van der Waals surface area contributed by atoms with Crippen LogP contribution in [0.2, 0.25) is 0 Å². The number of aryl methyl sites for hydroxylation is 2. The zero-order chi connectivity index (χ0) is 12.8. The highest BCUT2D eigenvalue weighted by atomic mass is 16.3. The van der Waals surface area contributed by atoms with Gasteiger partial charge in [-0.15, -0.1) is 0 Å². The number of rotatable bonds is 5. The Hall–Kier alpha value is -1.96. The summed E-state index contributed by atoms with van der Waals surface area (Å²) in [6, 6.07) is 16.4. The van der Waals surface area contributed by atoms with E-state index >= 15 is 0 Å². The van der Waals surface area contributed by atoms with Gasteiger partial charge in [0.1, 0.15) is 6.54 Å². The normalized spacial score (nSPS) is 10.3. The van der Waals surface area contributed by atoms with Gasteiger partial charge in [0.25, 0.3) is 0 Å². The number of nitrogens with zero attached hydrogens (tertiary/aromatic N) is 1. The first kappa shape index (κ1) is 12.5. The number of hydrogen-bond donors (Lipinski definition) is 0. The summed E-state index contributed by atoms with van der Waals surface area (Å²) in [6.07, 6.45) is 2.02. The molecule has 91 valence electrons. The molecule has 0 aliphatic heterocycles. The lowest BCUT2D eigenvalue weighted by Gasteiger charge is -2.03. The molecule has 2 nitrogen and oxygen atoms in total. The van der Waals surface area contributed by atoms with Crippen LogP contribution in [0.1, 0.15) is 22.3 Å². The van der Waals surface area contributed by atoms with Crippen LogP contribution in [0.25, 0.3) is 0 Å². The number of hydrogen-bond acceptors (Lipinski definition) is 2. The predicted molar refractivity (Wildman–Crippen MR) is 74.3 cm³/mol. The molecule has 1 radical (unpaired) electrons. The highest BCUT2D eigenvalue weighted by Gasteiger charge is 1.97. The summed E-state index contributed by atoms with van der Waals surface area (Å²) in [5, 5.41) is 2.88. The zero-order valence-electron chi connectivity index (χ0n) is 10.3. The average molecular weight is 238 g/mol. The first-order chi connectivity index (χ1) is 8.78.